The van der Waals surface area contributed by atoms with Gasteiger partial charge in [-0.3, -0.25) is 4.79 Å². The van der Waals surface area contributed by atoms with Gasteiger partial charge in [-0.1, -0.05) is 6.92 Å². The van der Waals surface area contributed by atoms with Crippen LogP contribution in [0.15, 0.2) is 18.3 Å². The smallest absolute Gasteiger partial charge is 0.253 e. The highest BCUT2D eigenvalue weighted by Gasteiger charge is 2.25. The van der Waals surface area contributed by atoms with E-state index in [4.69, 9.17) is 0 Å². The van der Waals surface area contributed by atoms with Crippen molar-refractivity contribution in [2.45, 2.75) is 37.5 Å². The molecule has 1 aromatic heterocycles. The predicted molar refractivity (Wildman–Crippen MR) is 80.8 cm³/mol. The number of carbonyl (C=O) groups excluding carboxylic acids is 1. The zero-order chi connectivity index (χ0) is 13.7. The second kappa shape index (κ2) is 6.80. The zero-order valence-corrected chi connectivity index (χ0v) is 12.3. The van der Waals surface area contributed by atoms with Crippen LogP contribution in [0.2, 0.25) is 0 Å². The van der Waals surface area contributed by atoms with Crippen molar-refractivity contribution in [1.82, 2.24) is 10.3 Å². The zero-order valence-electron chi connectivity index (χ0n) is 11.5. The Balaban J connectivity index is 1.87. The van der Waals surface area contributed by atoms with Crippen LogP contribution in [0.5, 0.6) is 0 Å². The van der Waals surface area contributed by atoms with Crippen molar-refractivity contribution in [3.63, 3.8) is 0 Å². The number of anilines is 1. The van der Waals surface area contributed by atoms with E-state index in [-0.39, 0.29) is 5.91 Å². The van der Waals surface area contributed by atoms with Crippen LogP contribution in [0.3, 0.4) is 0 Å². The molecule has 19 heavy (non-hydrogen) atoms. The second-order valence-electron chi connectivity index (χ2n) is 4.74. The molecule has 1 heterocycles. The van der Waals surface area contributed by atoms with Crippen LogP contribution in [-0.4, -0.2) is 35.0 Å². The maximum Gasteiger partial charge on any atom is 0.253 e. The fraction of sp³-hybridized carbons (Fsp3) is 0.571. The first-order chi connectivity index (χ1) is 9.22. The van der Waals surface area contributed by atoms with E-state index in [2.05, 4.69) is 22.5 Å². The Morgan fingerprint density at radius 3 is 2.95 bits per heavy atom. The predicted octanol–water partition coefficient (Wildman–Crippen LogP) is 2.53. The molecule has 0 bridgehead atoms. The largest absolute Gasteiger partial charge is 0.373 e. The summed E-state index contributed by atoms with van der Waals surface area (Å²) in [5.41, 5.74) is 0.630. The van der Waals surface area contributed by atoms with Crippen LogP contribution in [-0.2, 0) is 0 Å². The van der Waals surface area contributed by atoms with E-state index >= 15 is 0 Å². The van der Waals surface area contributed by atoms with Gasteiger partial charge in [-0.15, -0.1) is 0 Å². The molecule has 0 aromatic carbocycles. The van der Waals surface area contributed by atoms with Crippen molar-refractivity contribution in [3.8, 4) is 0 Å². The van der Waals surface area contributed by atoms with Crippen molar-refractivity contribution < 1.29 is 4.79 Å². The molecule has 2 unspecified atom stereocenters. The Hall–Kier alpha value is -1.23. The molecule has 0 saturated heterocycles. The van der Waals surface area contributed by atoms with E-state index in [1.165, 1.54) is 6.42 Å². The van der Waals surface area contributed by atoms with Crippen molar-refractivity contribution in [3.05, 3.63) is 23.9 Å². The Kier molecular flexibility index (Phi) is 5.07. The van der Waals surface area contributed by atoms with E-state index in [0.717, 1.165) is 24.4 Å². The number of nitrogens with zero attached hydrogens (tertiary/aromatic N) is 1. The summed E-state index contributed by atoms with van der Waals surface area (Å²) >= 11 is 2.00. The topological polar surface area (TPSA) is 54.0 Å². The molecule has 2 N–H and O–H groups in total. The van der Waals surface area contributed by atoms with Crippen LogP contribution in [0.25, 0.3) is 0 Å². The second-order valence-corrected chi connectivity index (χ2v) is 6.32. The van der Waals surface area contributed by atoms with Gasteiger partial charge in [0.25, 0.3) is 5.91 Å². The van der Waals surface area contributed by atoms with Crippen molar-refractivity contribution in [2.24, 2.45) is 0 Å². The summed E-state index contributed by atoms with van der Waals surface area (Å²) in [4.78, 5) is 16.2. The summed E-state index contributed by atoms with van der Waals surface area (Å²) in [5.74, 6) is 1.92. The molecule has 2 atom stereocenters. The van der Waals surface area contributed by atoms with Crippen molar-refractivity contribution in [2.75, 3.05) is 18.1 Å². The van der Waals surface area contributed by atoms with E-state index in [1.807, 2.05) is 24.9 Å². The number of rotatable bonds is 5. The quantitative estimate of drug-likeness (QED) is 0.869. The summed E-state index contributed by atoms with van der Waals surface area (Å²) in [7, 11) is 1.81. The summed E-state index contributed by atoms with van der Waals surface area (Å²) in [5, 5.41) is 6.76. The molecule has 0 spiro atoms. The molecule has 4 nitrogen and oxygen atoms in total. The third-order valence-corrected chi connectivity index (χ3v) is 4.64. The SMILES string of the molecule is CCSC1CCC(NC(=O)c2ccc(NC)nc2)C1. The highest BCUT2D eigenvalue weighted by atomic mass is 32.2. The van der Waals surface area contributed by atoms with Crippen LogP contribution < -0.4 is 10.6 Å². The molecule has 0 aliphatic heterocycles. The first-order valence-electron chi connectivity index (χ1n) is 6.79. The molecule has 1 aromatic rings. The van der Waals surface area contributed by atoms with Crippen LogP contribution >= 0.6 is 11.8 Å². The molecule has 1 aliphatic carbocycles. The van der Waals surface area contributed by atoms with E-state index < -0.39 is 0 Å². The third kappa shape index (κ3) is 3.86. The maximum atomic E-state index is 12.1. The number of carbonyl (C=O) groups is 1. The lowest BCUT2D eigenvalue weighted by atomic mass is 10.2. The minimum atomic E-state index is -0.0118. The van der Waals surface area contributed by atoms with E-state index in [9.17, 15) is 4.79 Å². The standard InChI is InChI=1S/C14H21N3OS/c1-3-19-12-6-5-11(8-12)17-14(18)10-4-7-13(15-2)16-9-10/h4,7,9,11-12H,3,5-6,8H2,1-2H3,(H,15,16)(H,17,18). The molecule has 0 radical (unpaired) electrons. The van der Waals surface area contributed by atoms with Gasteiger partial charge in [0.05, 0.1) is 5.56 Å². The summed E-state index contributed by atoms with van der Waals surface area (Å²) in [6.07, 6.45) is 5.01. The third-order valence-electron chi connectivity index (χ3n) is 3.40. The molecule has 2 rings (SSSR count). The van der Waals surface area contributed by atoms with Crippen LogP contribution in [0.4, 0.5) is 5.82 Å². The number of aromatic nitrogens is 1. The molecule has 1 aliphatic rings. The molecule has 1 saturated carbocycles. The Morgan fingerprint density at radius 1 is 1.47 bits per heavy atom. The highest BCUT2D eigenvalue weighted by Crippen LogP contribution is 2.29. The molecule has 5 heteroatoms. The average Bonchev–Trinajstić information content (AvgIpc) is 2.86. The summed E-state index contributed by atoms with van der Waals surface area (Å²) < 4.78 is 0. The monoisotopic (exact) mass is 279 g/mol. The molecular weight excluding hydrogens is 258 g/mol. The lowest BCUT2D eigenvalue weighted by molar-refractivity contribution is 0.0937. The van der Waals surface area contributed by atoms with Crippen LogP contribution in [0, 0.1) is 0 Å². The van der Waals surface area contributed by atoms with Gasteiger partial charge in [0.1, 0.15) is 5.82 Å². The Bertz CT molecular complexity index is 421. The minimum absolute atomic E-state index is 0.0118. The fourth-order valence-electron chi connectivity index (χ4n) is 2.40. The van der Waals surface area contributed by atoms with E-state index in [0.29, 0.717) is 16.9 Å². The number of hydrogen-bond donors (Lipinski definition) is 2. The van der Waals surface area contributed by atoms with Gasteiger partial charge >= 0.3 is 0 Å². The van der Waals surface area contributed by atoms with Crippen LogP contribution in [0.1, 0.15) is 36.5 Å². The molecule has 1 amide bonds. The normalized spacial score (nSPS) is 22.2. The van der Waals surface area contributed by atoms with Crippen molar-refractivity contribution >= 4 is 23.5 Å². The maximum absolute atomic E-state index is 12.1. The number of thioether (sulfide) groups is 1. The van der Waals surface area contributed by atoms with Gasteiger partial charge in [0, 0.05) is 24.5 Å². The summed E-state index contributed by atoms with van der Waals surface area (Å²) in [6.45, 7) is 2.19. The van der Waals surface area contributed by atoms with E-state index in [1.54, 1.807) is 12.3 Å². The van der Waals surface area contributed by atoms with Crippen molar-refractivity contribution in [1.29, 1.82) is 0 Å². The first kappa shape index (κ1) is 14.2. The summed E-state index contributed by atoms with van der Waals surface area (Å²) in [6, 6.07) is 3.95. The molecule has 1 fully saturated rings. The molecular formula is C14H21N3OS. The Labute approximate surface area is 118 Å². The number of pyridine rings is 1. The lowest BCUT2D eigenvalue weighted by Crippen LogP contribution is -2.33. The average molecular weight is 279 g/mol. The number of hydrogen-bond acceptors (Lipinski definition) is 4. The number of amides is 1. The van der Waals surface area contributed by atoms with Gasteiger partial charge in [-0.2, -0.15) is 11.8 Å². The first-order valence-corrected chi connectivity index (χ1v) is 7.84. The number of nitrogens with one attached hydrogen (secondary N) is 2. The van der Waals surface area contributed by atoms with Gasteiger partial charge in [0.2, 0.25) is 0 Å². The fourth-order valence-corrected chi connectivity index (χ4v) is 3.55. The Morgan fingerprint density at radius 2 is 2.32 bits per heavy atom. The van der Waals surface area contributed by atoms with Gasteiger partial charge in [0.15, 0.2) is 0 Å². The molecule has 104 valence electrons. The lowest BCUT2D eigenvalue weighted by Gasteiger charge is -2.13. The highest BCUT2D eigenvalue weighted by molar-refractivity contribution is 7.99. The van der Waals surface area contributed by atoms with Gasteiger partial charge in [-0.05, 0) is 37.1 Å². The van der Waals surface area contributed by atoms with Gasteiger partial charge < -0.3 is 10.6 Å². The van der Waals surface area contributed by atoms with Gasteiger partial charge in [-0.25, -0.2) is 4.98 Å². The minimum Gasteiger partial charge on any atom is -0.373 e.